The van der Waals surface area contributed by atoms with Gasteiger partial charge in [0.15, 0.2) is 0 Å². The summed E-state index contributed by atoms with van der Waals surface area (Å²) >= 11 is 12.2. The number of aliphatic hydroxyl groups is 1. The Morgan fingerprint density at radius 1 is 1.10 bits per heavy atom. The quantitative estimate of drug-likeness (QED) is 0.399. The molecule has 0 unspecified atom stereocenters. The van der Waals surface area contributed by atoms with E-state index in [4.69, 9.17) is 23.2 Å². The molecule has 5 nitrogen and oxygen atoms in total. The first-order chi connectivity index (χ1) is 14.2. The molecule has 0 spiro atoms. The number of carbonyl (C=O) groups is 2. The van der Waals surface area contributed by atoms with Crippen molar-refractivity contribution in [3.63, 3.8) is 0 Å². The normalized spacial score (nSPS) is 18.5. The van der Waals surface area contributed by atoms with Crippen molar-refractivity contribution >= 4 is 40.7 Å². The van der Waals surface area contributed by atoms with E-state index in [0.29, 0.717) is 23.6 Å². The average molecular weight is 451 g/mol. The summed E-state index contributed by atoms with van der Waals surface area (Å²) in [7, 11) is 3.83. The molecule has 158 valence electrons. The number of amides is 1. The second kappa shape index (κ2) is 9.16. The maximum absolute atomic E-state index is 13.3. The van der Waals surface area contributed by atoms with Gasteiger partial charge in [0.1, 0.15) is 11.6 Å². The average Bonchev–Trinajstić information content (AvgIpc) is 2.95. The van der Waals surface area contributed by atoms with Gasteiger partial charge in [0, 0.05) is 12.1 Å². The number of likely N-dealkylation sites (tertiary alicyclic amines) is 1. The van der Waals surface area contributed by atoms with Gasteiger partial charge in [0.05, 0.1) is 21.7 Å². The number of rotatable bonds is 6. The Balaban J connectivity index is 2.11. The van der Waals surface area contributed by atoms with E-state index in [0.717, 1.165) is 6.54 Å². The molecule has 1 aliphatic heterocycles. The predicted molar refractivity (Wildman–Crippen MR) is 115 cm³/mol. The second-order valence-electron chi connectivity index (χ2n) is 7.33. The SMILES string of the molecule is CN(C)CCCN1C(=O)C(=O)C(=C(O)c2ccc(F)cc2)[C@@H]1c1ccc(Cl)c(Cl)c1. The molecule has 0 saturated carbocycles. The van der Waals surface area contributed by atoms with Crippen molar-refractivity contribution in [2.75, 3.05) is 27.2 Å². The summed E-state index contributed by atoms with van der Waals surface area (Å²) in [5.41, 5.74) is 0.736. The van der Waals surface area contributed by atoms with Crippen molar-refractivity contribution < 1.29 is 19.1 Å². The second-order valence-corrected chi connectivity index (χ2v) is 8.14. The fourth-order valence-corrected chi connectivity index (χ4v) is 3.77. The molecule has 0 bridgehead atoms. The van der Waals surface area contributed by atoms with Gasteiger partial charge in [-0.3, -0.25) is 9.59 Å². The van der Waals surface area contributed by atoms with Crippen molar-refractivity contribution in [2.45, 2.75) is 12.5 Å². The Kier molecular flexibility index (Phi) is 6.81. The number of benzene rings is 2. The minimum atomic E-state index is -0.827. The van der Waals surface area contributed by atoms with Crippen LogP contribution in [0.5, 0.6) is 0 Å². The van der Waals surface area contributed by atoms with Crippen molar-refractivity contribution in [3.8, 4) is 0 Å². The summed E-state index contributed by atoms with van der Waals surface area (Å²) in [5, 5.41) is 11.5. The summed E-state index contributed by atoms with van der Waals surface area (Å²) in [4.78, 5) is 29.1. The molecule has 0 aromatic heterocycles. The minimum absolute atomic E-state index is 0.0603. The van der Waals surface area contributed by atoms with Crippen molar-refractivity contribution in [1.82, 2.24) is 9.80 Å². The highest BCUT2D eigenvalue weighted by Gasteiger charge is 2.45. The van der Waals surface area contributed by atoms with Gasteiger partial charge < -0.3 is 14.9 Å². The van der Waals surface area contributed by atoms with Crippen LogP contribution in [0, 0.1) is 5.82 Å². The molecule has 0 aliphatic carbocycles. The lowest BCUT2D eigenvalue weighted by Gasteiger charge is -2.26. The highest BCUT2D eigenvalue weighted by Crippen LogP contribution is 2.41. The first-order valence-electron chi connectivity index (χ1n) is 9.34. The summed E-state index contributed by atoms with van der Waals surface area (Å²) in [6.45, 7) is 1.03. The van der Waals surface area contributed by atoms with E-state index in [1.165, 1.54) is 29.2 Å². The van der Waals surface area contributed by atoms with Crippen LogP contribution in [-0.2, 0) is 9.59 Å². The van der Waals surface area contributed by atoms with Gasteiger partial charge in [-0.2, -0.15) is 0 Å². The van der Waals surface area contributed by atoms with Crippen LogP contribution in [0.3, 0.4) is 0 Å². The molecule has 2 aromatic carbocycles. The zero-order valence-electron chi connectivity index (χ0n) is 16.5. The third-order valence-corrected chi connectivity index (χ3v) is 5.66. The third kappa shape index (κ3) is 4.51. The van der Waals surface area contributed by atoms with E-state index in [1.54, 1.807) is 18.2 Å². The molecule has 1 fully saturated rings. The number of halogens is 3. The van der Waals surface area contributed by atoms with E-state index >= 15 is 0 Å². The molecule has 30 heavy (non-hydrogen) atoms. The Hall–Kier alpha value is -2.41. The van der Waals surface area contributed by atoms with E-state index < -0.39 is 23.5 Å². The zero-order valence-corrected chi connectivity index (χ0v) is 18.0. The molecule has 2 aromatic rings. The first-order valence-corrected chi connectivity index (χ1v) is 10.1. The fraction of sp³-hybridized carbons (Fsp3) is 0.273. The highest BCUT2D eigenvalue weighted by molar-refractivity contribution is 6.46. The van der Waals surface area contributed by atoms with Crippen LogP contribution >= 0.6 is 23.2 Å². The van der Waals surface area contributed by atoms with Crippen LogP contribution in [0.25, 0.3) is 5.76 Å². The lowest BCUT2D eigenvalue weighted by molar-refractivity contribution is -0.139. The van der Waals surface area contributed by atoms with Crippen LogP contribution in [0.2, 0.25) is 10.0 Å². The number of Topliss-reactive ketones (excluding diaryl/α,β-unsaturated/α-hetero) is 1. The Morgan fingerprint density at radius 2 is 1.77 bits per heavy atom. The van der Waals surface area contributed by atoms with Gasteiger partial charge in [-0.15, -0.1) is 0 Å². The lowest BCUT2D eigenvalue weighted by Crippen LogP contribution is -2.32. The van der Waals surface area contributed by atoms with Crippen molar-refractivity contribution in [2.24, 2.45) is 0 Å². The molecular formula is C22H21Cl2FN2O3. The standard InChI is InChI=1S/C22H21Cl2FN2O3/c1-26(2)10-3-11-27-19(14-6-9-16(23)17(24)12-14)18(21(29)22(27)30)20(28)13-4-7-15(25)8-5-13/h4-9,12,19,28H,3,10-11H2,1-2H3/t19-/m0/s1. The summed E-state index contributed by atoms with van der Waals surface area (Å²) in [6.07, 6.45) is 0.633. The van der Waals surface area contributed by atoms with Gasteiger partial charge in [-0.25, -0.2) is 4.39 Å². The summed E-state index contributed by atoms with van der Waals surface area (Å²) < 4.78 is 13.3. The minimum Gasteiger partial charge on any atom is -0.507 e. The summed E-state index contributed by atoms with van der Waals surface area (Å²) in [5.74, 6) is -2.33. The molecule has 1 N–H and O–H groups in total. The monoisotopic (exact) mass is 450 g/mol. The molecule has 3 rings (SSSR count). The smallest absolute Gasteiger partial charge is 0.295 e. The van der Waals surface area contributed by atoms with Gasteiger partial charge in [0.25, 0.3) is 11.7 Å². The lowest BCUT2D eigenvalue weighted by atomic mass is 9.95. The Bertz CT molecular complexity index is 1010. The maximum atomic E-state index is 13.3. The molecule has 8 heteroatoms. The number of nitrogens with zero attached hydrogens (tertiary/aromatic N) is 2. The topological polar surface area (TPSA) is 60.9 Å². The Morgan fingerprint density at radius 3 is 2.37 bits per heavy atom. The summed E-state index contributed by atoms with van der Waals surface area (Å²) in [6, 6.07) is 9.07. The number of aliphatic hydroxyl groups excluding tert-OH is 1. The van der Waals surface area contributed by atoms with E-state index in [-0.39, 0.29) is 21.9 Å². The molecule has 1 amide bonds. The zero-order chi connectivity index (χ0) is 22.0. The van der Waals surface area contributed by atoms with Crippen LogP contribution in [0.4, 0.5) is 4.39 Å². The molecule has 1 atom stereocenters. The number of hydrogen-bond donors (Lipinski definition) is 1. The van der Waals surface area contributed by atoms with E-state index in [2.05, 4.69) is 0 Å². The van der Waals surface area contributed by atoms with Crippen LogP contribution in [0.1, 0.15) is 23.6 Å². The van der Waals surface area contributed by atoms with Crippen molar-refractivity contribution in [3.05, 3.63) is 75.0 Å². The van der Waals surface area contributed by atoms with Gasteiger partial charge in [0.2, 0.25) is 0 Å². The maximum Gasteiger partial charge on any atom is 0.295 e. The van der Waals surface area contributed by atoms with Gasteiger partial charge >= 0.3 is 0 Å². The highest BCUT2D eigenvalue weighted by atomic mass is 35.5. The van der Waals surface area contributed by atoms with E-state index in [1.807, 2.05) is 19.0 Å². The number of carbonyl (C=O) groups excluding carboxylic acids is 2. The Labute approximate surface area is 184 Å². The fourth-order valence-electron chi connectivity index (χ4n) is 3.46. The number of ketones is 1. The van der Waals surface area contributed by atoms with E-state index in [9.17, 15) is 19.1 Å². The number of hydrogen-bond acceptors (Lipinski definition) is 4. The van der Waals surface area contributed by atoms with Gasteiger partial charge in [-0.05, 0) is 69.0 Å². The predicted octanol–water partition coefficient (Wildman–Crippen LogP) is 4.51. The molecule has 0 radical (unpaired) electrons. The van der Waals surface area contributed by atoms with Crippen LogP contribution < -0.4 is 0 Å². The molecular weight excluding hydrogens is 430 g/mol. The largest absolute Gasteiger partial charge is 0.507 e. The van der Waals surface area contributed by atoms with Gasteiger partial charge in [-0.1, -0.05) is 29.3 Å². The molecule has 1 heterocycles. The van der Waals surface area contributed by atoms with Crippen LogP contribution in [0.15, 0.2) is 48.0 Å². The third-order valence-electron chi connectivity index (χ3n) is 4.92. The van der Waals surface area contributed by atoms with Crippen molar-refractivity contribution in [1.29, 1.82) is 0 Å². The molecule has 1 saturated heterocycles. The van der Waals surface area contributed by atoms with Crippen LogP contribution in [-0.4, -0.2) is 53.8 Å². The first kappa shape index (κ1) is 22.3. The molecule has 1 aliphatic rings.